The Balaban J connectivity index is 2.92. The van der Waals surface area contributed by atoms with E-state index < -0.39 is 0 Å². The van der Waals surface area contributed by atoms with E-state index in [4.69, 9.17) is 0 Å². The minimum Gasteiger partial charge on any atom is -0.378 e. The van der Waals surface area contributed by atoms with Crippen LogP contribution < -0.4 is 10.2 Å². The number of nitrogens with one attached hydrogen (secondary N) is 1. The molecule has 1 rings (SSSR count). The highest BCUT2D eigenvalue weighted by Gasteiger charge is 2.15. The van der Waals surface area contributed by atoms with Gasteiger partial charge in [-0.1, -0.05) is 18.2 Å². The smallest absolute Gasteiger partial charge is 0.266 e. The summed E-state index contributed by atoms with van der Waals surface area (Å²) in [5.74, 6) is -0.358. The molecule has 0 heterocycles. The Morgan fingerprint density at radius 2 is 1.96 bits per heavy atom. The molecule has 120 valence electrons. The van der Waals surface area contributed by atoms with E-state index in [-0.39, 0.29) is 11.5 Å². The summed E-state index contributed by atoms with van der Waals surface area (Å²) >= 11 is 0. The molecule has 5 heteroatoms. The van der Waals surface area contributed by atoms with Crippen LogP contribution in [0.4, 0.5) is 11.4 Å². The summed E-state index contributed by atoms with van der Waals surface area (Å²) in [4.78, 5) is 15.8. The average molecular weight is 310 g/mol. The lowest BCUT2D eigenvalue weighted by molar-refractivity contribution is -0.125. The first kappa shape index (κ1) is 18.1. The summed E-state index contributed by atoms with van der Waals surface area (Å²) in [5.41, 5.74) is 1.85. The van der Waals surface area contributed by atoms with Gasteiger partial charge in [-0.25, -0.2) is 0 Å². The Hall–Kier alpha value is -3.00. The van der Waals surface area contributed by atoms with Gasteiger partial charge in [-0.2, -0.15) is 5.26 Å². The molecule has 0 aromatic heterocycles. The molecule has 0 aliphatic heterocycles. The molecule has 0 spiro atoms. The van der Waals surface area contributed by atoms with Crippen LogP contribution in [0, 0.1) is 11.3 Å². The number of nitriles is 1. The molecule has 1 amide bonds. The van der Waals surface area contributed by atoms with Gasteiger partial charge in [0, 0.05) is 44.8 Å². The molecule has 1 aromatic carbocycles. The van der Waals surface area contributed by atoms with Gasteiger partial charge in [-0.3, -0.25) is 4.79 Å². The molecule has 1 N–H and O–H groups in total. The predicted octanol–water partition coefficient (Wildman–Crippen LogP) is 2.77. The van der Waals surface area contributed by atoms with Crippen molar-refractivity contribution in [1.82, 2.24) is 4.90 Å². The van der Waals surface area contributed by atoms with Crippen molar-refractivity contribution in [1.29, 1.82) is 5.26 Å². The number of amides is 1. The van der Waals surface area contributed by atoms with Crippen LogP contribution in [0.2, 0.25) is 0 Å². The van der Waals surface area contributed by atoms with Gasteiger partial charge in [0.25, 0.3) is 5.91 Å². The minimum atomic E-state index is -0.358. The first-order chi connectivity index (χ1) is 11.0. The molecule has 0 saturated heterocycles. The third-order valence-corrected chi connectivity index (χ3v) is 3.08. The van der Waals surface area contributed by atoms with E-state index in [1.165, 1.54) is 11.1 Å². The zero-order chi connectivity index (χ0) is 17.2. The first-order valence-electron chi connectivity index (χ1n) is 7.18. The lowest BCUT2D eigenvalue weighted by Crippen LogP contribution is -2.32. The van der Waals surface area contributed by atoms with E-state index in [1.54, 1.807) is 12.2 Å². The molecule has 23 heavy (non-hydrogen) atoms. The third kappa shape index (κ3) is 5.36. The second-order valence-corrected chi connectivity index (χ2v) is 5.05. The van der Waals surface area contributed by atoms with Crippen LogP contribution >= 0.6 is 0 Å². The average Bonchev–Trinajstić information content (AvgIpc) is 2.55. The summed E-state index contributed by atoms with van der Waals surface area (Å²) < 4.78 is 0. The van der Waals surface area contributed by atoms with Crippen molar-refractivity contribution in [3.63, 3.8) is 0 Å². The normalized spacial score (nSPS) is 10.4. The van der Waals surface area contributed by atoms with Crippen molar-refractivity contribution in [2.24, 2.45) is 0 Å². The number of hydrogen-bond acceptors (Lipinski definition) is 4. The van der Waals surface area contributed by atoms with Gasteiger partial charge in [0.1, 0.15) is 11.6 Å². The predicted molar refractivity (Wildman–Crippen MR) is 95.1 cm³/mol. The van der Waals surface area contributed by atoms with Crippen molar-refractivity contribution >= 4 is 17.3 Å². The Morgan fingerprint density at radius 1 is 1.30 bits per heavy atom. The fraction of sp³-hybridized carbons (Fsp3) is 0.222. The highest BCUT2D eigenvalue weighted by molar-refractivity contribution is 5.97. The van der Waals surface area contributed by atoms with Gasteiger partial charge in [0.2, 0.25) is 0 Å². The lowest BCUT2D eigenvalue weighted by Gasteiger charge is -2.18. The Bertz CT molecular complexity index is 631. The molecule has 1 aromatic rings. The number of carbonyl (C=O) groups excluding carboxylic acids is 1. The largest absolute Gasteiger partial charge is 0.378 e. The highest BCUT2D eigenvalue weighted by Crippen LogP contribution is 2.17. The van der Waals surface area contributed by atoms with Crippen LogP contribution in [0.5, 0.6) is 0 Å². The molecular formula is C18H22N4O. The summed E-state index contributed by atoms with van der Waals surface area (Å²) in [5, 5.41) is 12.2. The Morgan fingerprint density at radius 3 is 2.48 bits per heavy atom. The third-order valence-electron chi connectivity index (χ3n) is 3.08. The SMILES string of the molecule is C=CCN(CC=C)C(=O)/C(C#N)=C\Nc1cccc(N(C)C)c1. The number of hydrogen-bond donors (Lipinski definition) is 1. The molecular weight excluding hydrogens is 288 g/mol. The number of nitrogens with zero attached hydrogens (tertiary/aromatic N) is 3. The zero-order valence-electron chi connectivity index (χ0n) is 13.6. The van der Waals surface area contributed by atoms with Gasteiger partial charge in [-0.15, -0.1) is 13.2 Å². The van der Waals surface area contributed by atoms with Crippen LogP contribution in [0.1, 0.15) is 0 Å². The van der Waals surface area contributed by atoms with Crippen molar-refractivity contribution in [3.8, 4) is 6.07 Å². The fourth-order valence-corrected chi connectivity index (χ4v) is 1.89. The second kappa shape index (κ2) is 9.11. The van der Waals surface area contributed by atoms with Gasteiger partial charge >= 0.3 is 0 Å². The van der Waals surface area contributed by atoms with E-state index in [0.29, 0.717) is 13.1 Å². The summed E-state index contributed by atoms with van der Waals surface area (Å²) in [6, 6.07) is 9.61. The monoisotopic (exact) mass is 310 g/mol. The van der Waals surface area contributed by atoms with Crippen LogP contribution in [0.15, 0.2) is 61.3 Å². The van der Waals surface area contributed by atoms with Gasteiger partial charge in [0.05, 0.1) is 0 Å². The first-order valence-corrected chi connectivity index (χ1v) is 7.18. The molecule has 0 radical (unpaired) electrons. The summed E-state index contributed by atoms with van der Waals surface area (Å²) in [6.45, 7) is 7.96. The van der Waals surface area contributed by atoms with Crippen LogP contribution in [-0.2, 0) is 4.79 Å². The maximum atomic E-state index is 12.3. The van der Waals surface area contributed by atoms with E-state index in [1.807, 2.05) is 49.3 Å². The van der Waals surface area contributed by atoms with Gasteiger partial charge < -0.3 is 15.1 Å². The standard InChI is InChI=1S/C18H22N4O/c1-5-10-22(11-6-2)18(23)15(13-19)14-20-16-8-7-9-17(12-16)21(3)4/h5-9,12,14,20H,1-2,10-11H2,3-4H3/b15-14-. The van der Waals surface area contributed by atoms with Crippen LogP contribution in [-0.4, -0.2) is 38.0 Å². The number of carbonyl (C=O) groups is 1. The van der Waals surface area contributed by atoms with Crippen LogP contribution in [0.25, 0.3) is 0 Å². The quantitative estimate of drug-likeness (QED) is 0.456. The topological polar surface area (TPSA) is 59.4 Å². The van der Waals surface area contributed by atoms with E-state index in [9.17, 15) is 10.1 Å². The molecule has 0 bridgehead atoms. The van der Waals surface area contributed by atoms with Gasteiger partial charge in [-0.05, 0) is 18.2 Å². The number of rotatable bonds is 8. The number of anilines is 2. The number of benzene rings is 1. The second-order valence-electron chi connectivity index (χ2n) is 5.05. The highest BCUT2D eigenvalue weighted by atomic mass is 16.2. The minimum absolute atomic E-state index is 0.0314. The summed E-state index contributed by atoms with van der Waals surface area (Å²) in [6.07, 6.45) is 4.66. The Kier molecular flexibility index (Phi) is 7.15. The van der Waals surface area contributed by atoms with Crippen LogP contribution in [0.3, 0.4) is 0 Å². The molecule has 0 atom stereocenters. The zero-order valence-corrected chi connectivity index (χ0v) is 13.6. The van der Waals surface area contributed by atoms with Gasteiger partial charge in [0.15, 0.2) is 0 Å². The van der Waals surface area contributed by atoms with E-state index in [0.717, 1.165) is 11.4 Å². The van der Waals surface area contributed by atoms with E-state index >= 15 is 0 Å². The molecule has 0 fully saturated rings. The summed E-state index contributed by atoms with van der Waals surface area (Å²) in [7, 11) is 3.89. The molecule has 0 aliphatic rings. The molecule has 0 saturated carbocycles. The maximum absolute atomic E-state index is 12.3. The molecule has 0 aliphatic carbocycles. The fourth-order valence-electron chi connectivity index (χ4n) is 1.89. The van der Waals surface area contributed by atoms with Crippen molar-refractivity contribution in [2.45, 2.75) is 0 Å². The molecule has 0 unspecified atom stereocenters. The molecule has 5 nitrogen and oxygen atoms in total. The van der Waals surface area contributed by atoms with Crippen molar-refractivity contribution in [2.75, 3.05) is 37.4 Å². The Labute approximate surface area is 137 Å². The van der Waals surface area contributed by atoms with E-state index in [2.05, 4.69) is 18.5 Å². The lowest BCUT2D eigenvalue weighted by atomic mass is 10.2. The maximum Gasteiger partial charge on any atom is 0.266 e. The van der Waals surface area contributed by atoms with Crippen molar-refractivity contribution < 1.29 is 4.79 Å². The van der Waals surface area contributed by atoms with Crippen molar-refractivity contribution in [3.05, 3.63) is 61.3 Å².